The number of fused-ring (bicyclic) bond motifs is 1. The number of aromatic nitrogens is 1. The Morgan fingerprint density at radius 3 is 2.76 bits per heavy atom. The zero-order valence-electron chi connectivity index (χ0n) is 15.4. The molecule has 2 aromatic rings. The zero-order valence-corrected chi connectivity index (χ0v) is 15.4. The second kappa shape index (κ2) is 7.87. The smallest absolute Gasteiger partial charge is 0.317 e. The first-order valence-corrected chi connectivity index (χ1v) is 9.12. The lowest BCUT2D eigenvalue weighted by Crippen LogP contribution is -2.51. The number of piperazine rings is 1. The van der Waals surface area contributed by atoms with Crippen LogP contribution in [0.3, 0.4) is 0 Å². The normalized spacial score (nSPS) is 15.9. The molecule has 2 heterocycles. The van der Waals surface area contributed by atoms with Crippen molar-refractivity contribution in [1.29, 1.82) is 0 Å². The maximum atomic E-state index is 12.2. The molecule has 0 atom stereocenters. The van der Waals surface area contributed by atoms with E-state index in [4.69, 9.17) is 4.42 Å². The first-order chi connectivity index (χ1) is 12.0. The Kier molecular flexibility index (Phi) is 5.58. The summed E-state index contributed by atoms with van der Waals surface area (Å²) in [5.41, 5.74) is 2.93. The van der Waals surface area contributed by atoms with Crippen LogP contribution in [-0.2, 0) is 6.54 Å². The molecule has 25 heavy (non-hydrogen) atoms. The molecule has 0 radical (unpaired) electrons. The first kappa shape index (κ1) is 17.7. The number of amides is 2. The number of benzene rings is 1. The van der Waals surface area contributed by atoms with Crippen molar-refractivity contribution in [1.82, 2.24) is 20.1 Å². The second-order valence-corrected chi connectivity index (χ2v) is 7.26. The molecule has 1 aromatic carbocycles. The third kappa shape index (κ3) is 4.72. The van der Waals surface area contributed by atoms with Gasteiger partial charge in [-0.1, -0.05) is 19.9 Å². The van der Waals surface area contributed by atoms with Crippen molar-refractivity contribution in [2.75, 3.05) is 32.7 Å². The summed E-state index contributed by atoms with van der Waals surface area (Å²) < 4.78 is 5.86. The molecule has 6 heteroatoms. The molecule has 2 amide bonds. The van der Waals surface area contributed by atoms with Gasteiger partial charge in [0, 0.05) is 32.7 Å². The van der Waals surface area contributed by atoms with E-state index in [1.54, 1.807) is 0 Å². The molecule has 0 bridgehead atoms. The van der Waals surface area contributed by atoms with Crippen molar-refractivity contribution in [3.8, 4) is 0 Å². The van der Waals surface area contributed by atoms with Gasteiger partial charge in [-0.15, -0.1) is 0 Å². The Morgan fingerprint density at radius 1 is 1.28 bits per heavy atom. The lowest BCUT2D eigenvalue weighted by Gasteiger charge is -2.34. The number of hydrogen-bond donors (Lipinski definition) is 1. The Morgan fingerprint density at radius 2 is 2.04 bits per heavy atom. The fourth-order valence-corrected chi connectivity index (χ4v) is 3.03. The molecule has 1 aliphatic heterocycles. The minimum atomic E-state index is 0.0534. The summed E-state index contributed by atoms with van der Waals surface area (Å²) in [5, 5.41) is 3.01. The minimum absolute atomic E-state index is 0.0534. The second-order valence-electron chi connectivity index (χ2n) is 7.26. The highest BCUT2D eigenvalue weighted by Gasteiger charge is 2.22. The summed E-state index contributed by atoms with van der Waals surface area (Å²) in [6.45, 7) is 11.0. The molecule has 1 fully saturated rings. The number of urea groups is 1. The summed E-state index contributed by atoms with van der Waals surface area (Å²) in [7, 11) is 0. The molecule has 0 aliphatic carbocycles. The van der Waals surface area contributed by atoms with Crippen molar-refractivity contribution in [3.63, 3.8) is 0 Å². The van der Waals surface area contributed by atoms with E-state index in [-0.39, 0.29) is 6.03 Å². The van der Waals surface area contributed by atoms with E-state index in [1.165, 1.54) is 5.56 Å². The maximum absolute atomic E-state index is 12.2. The number of carbonyl (C=O) groups is 1. The molecule has 0 unspecified atom stereocenters. The SMILES string of the molecule is Cc1ccc2nc(CN3CCN(C(=O)NCCC(C)C)CC3)oc2c1. The van der Waals surface area contributed by atoms with Crippen LogP contribution in [0.15, 0.2) is 22.6 Å². The van der Waals surface area contributed by atoms with Crippen LogP contribution in [0.1, 0.15) is 31.7 Å². The average Bonchev–Trinajstić information content (AvgIpc) is 2.96. The Balaban J connectivity index is 1.47. The van der Waals surface area contributed by atoms with Crippen molar-refractivity contribution in [2.45, 2.75) is 33.7 Å². The number of aryl methyl sites for hydroxylation is 1. The summed E-state index contributed by atoms with van der Waals surface area (Å²) in [6.07, 6.45) is 1.02. The summed E-state index contributed by atoms with van der Waals surface area (Å²) in [5.74, 6) is 1.35. The van der Waals surface area contributed by atoms with Gasteiger partial charge < -0.3 is 14.6 Å². The number of carbonyl (C=O) groups excluding carboxylic acids is 1. The van der Waals surface area contributed by atoms with Crippen LogP contribution < -0.4 is 5.32 Å². The van der Waals surface area contributed by atoms with Gasteiger partial charge in [0.15, 0.2) is 5.58 Å². The van der Waals surface area contributed by atoms with Gasteiger partial charge in [-0.05, 0) is 37.0 Å². The molecule has 1 N–H and O–H groups in total. The molecule has 1 aromatic heterocycles. The van der Waals surface area contributed by atoms with Gasteiger partial charge in [-0.3, -0.25) is 4.90 Å². The lowest BCUT2D eigenvalue weighted by molar-refractivity contribution is 0.129. The van der Waals surface area contributed by atoms with Crippen LogP contribution in [0.25, 0.3) is 11.1 Å². The lowest BCUT2D eigenvalue weighted by atomic mass is 10.1. The highest BCUT2D eigenvalue weighted by molar-refractivity contribution is 5.74. The van der Waals surface area contributed by atoms with Crippen LogP contribution in [0.4, 0.5) is 4.79 Å². The van der Waals surface area contributed by atoms with Gasteiger partial charge in [-0.25, -0.2) is 9.78 Å². The van der Waals surface area contributed by atoms with Gasteiger partial charge >= 0.3 is 6.03 Å². The van der Waals surface area contributed by atoms with Gasteiger partial charge in [-0.2, -0.15) is 0 Å². The monoisotopic (exact) mass is 344 g/mol. The highest BCUT2D eigenvalue weighted by atomic mass is 16.3. The first-order valence-electron chi connectivity index (χ1n) is 9.12. The quantitative estimate of drug-likeness (QED) is 0.906. The van der Waals surface area contributed by atoms with Crippen LogP contribution >= 0.6 is 0 Å². The number of nitrogens with one attached hydrogen (secondary N) is 1. The van der Waals surface area contributed by atoms with Crippen LogP contribution in [0, 0.1) is 12.8 Å². The molecule has 1 saturated heterocycles. The fraction of sp³-hybridized carbons (Fsp3) is 0.579. The number of rotatable bonds is 5. The van der Waals surface area contributed by atoms with E-state index in [2.05, 4.69) is 29.0 Å². The van der Waals surface area contributed by atoms with Crippen LogP contribution in [-0.4, -0.2) is 53.5 Å². The number of oxazole rings is 1. The van der Waals surface area contributed by atoms with Gasteiger partial charge in [0.1, 0.15) is 5.52 Å². The molecular weight excluding hydrogens is 316 g/mol. The minimum Gasteiger partial charge on any atom is -0.439 e. The van der Waals surface area contributed by atoms with Crippen molar-refractivity contribution in [3.05, 3.63) is 29.7 Å². The van der Waals surface area contributed by atoms with Crippen molar-refractivity contribution >= 4 is 17.1 Å². The zero-order chi connectivity index (χ0) is 17.8. The predicted molar refractivity (Wildman–Crippen MR) is 98.4 cm³/mol. The molecule has 0 saturated carbocycles. The van der Waals surface area contributed by atoms with Crippen molar-refractivity contribution < 1.29 is 9.21 Å². The number of hydrogen-bond acceptors (Lipinski definition) is 4. The largest absolute Gasteiger partial charge is 0.439 e. The molecule has 1 aliphatic rings. The van der Waals surface area contributed by atoms with Crippen molar-refractivity contribution in [2.24, 2.45) is 5.92 Å². The Labute approximate surface area is 149 Å². The molecule has 136 valence electrons. The van der Waals surface area contributed by atoms with E-state index >= 15 is 0 Å². The van der Waals surface area contributed by atoms with Crippen LogP contribution in [0.5, 0.6) is 0 Å². The van der Waals surface area contributed by atoms with E-state index in [9.17, 15) is 4.79 Å². The molecule has 6 nitrogen and oxygen atoms in total. The fourth-order valence-electron chi connectivity index (χ4n) is 3.03. The highest BCUT2D eigenvalue weighted by Crippen LogP contribution is 2.18. The van der Waals surface area contributed by atoms with E-state index in [1.807, 2.05) is 30.0 Å². The van der Waals surface area contributed by atoms with Crippen LogP contribution in [0.2, 0.25) is 0 Å². The summed E-state index contributed by atoms with van der Waals surface area (Å²) in [6, 6.07) is 6.12. The van der Waals surface area contributed by atoms with E-state index in [0.29, 0.717) is 12.5 Å². The molecular formula is C19H28N4O2. The maximum Gasteiger partial charge on any atom is 0.317 e. The third-order valence-electron chi connectivity index (χ3n) is 4.60. The average molecular weight is 344 g/mol. The Hall–Kier alpha value is -2.08. The Bertz CT molecular complexity index is 717. The summed E-state index contributed by atoms with van der Waals surface area (Å²) >= 11 is 0. The summed E-state index contributed by atoms with van der Waals surface area (Å²) in [4.78, 5) is 20.9. The standard InChI is InChI=1S/C19H28N4O2/c1-14(2)6-7-20-19(24)23-10-8-22(9-11-23)13-18-21-16-5-4-15(3)12-17(16)25-18/h4-5,12,14H,6-11,13H2,1-3H3,(H,20,24). The van der Waals surface area contributed by atoms with Gasteiger partial charge in [0.25, 0.3) is 0 Å². The topological polar surface area (TPSA) is 61.6 Å². The molecule has 0 spiro atoms. The predicted octanol–water partition coefficient (Wildman–Crippen LogP) is 3.01. The number of nitrogens with zero attached hydrogens (tertiary/aromatic N) is 3. The van der Waals surface area contributed by atoms with Gasteiger partial charge in [0.05, 0.1) is 6.54 Å². The van der Waals surface area contributed by atoms with E-state index < -0.39 is 0 Å². The third-order valence-corrected chi connectivity index (χ3v) is 4.60. The van der Waals surface area contributed by atoms with Gasteiger partial charge in [0.2, 0.25) is 5.89 Å². The molecule has 3 rings (SSSR count). The van der Waals surface area contributed by atoms with E-state index in [0.717, 1.165) is 56.1 Å².